The van der Waals surface area contributed by atoms with Gasteiger partial charge >= 0.3 is 5.97 Å². The maximum absolute atomic E-state index is 11.3. The van der Waals surface area contributed by atoms with E-state index in [0.717, 1.165) is 44.2 Å². The number of nitrogens with zero attached hydrogens (tertiary/aromatic N) is 1. The average Bonchev–Trinajstić information content (AvgIpc) is 2.53. The van der Waals surface area contributed by atoms with E-state index >= 15 is 0 Å². The normalized spacial score (nSPS) is 29.0. The van der Waals surface area contributed by atoms with Crippen LogP contribution in [-0.2, 0) is 19.1 Å². The minimum Gasteiger partial charge on any atom is -0.459 e. The third-order valence-corrected chi connectivity index (χ3v) is 3.75. The summed E-state index contributed by atoms with van der Waals surface area (Å²) in [7, 11) is 1.53. The van der Waals surface area contributed by atoms with E-state index in [1.54, 1.807) is 0 Å². The zero-order chi connectivity index (χ0) is 15.0. The van der Waals surface area contributed by atoms with E-state index < -0.39 is 5.60 Å². The zero-order valence-electron chi connectivity index (χ0n) is 13.1. The molecule has 0 amide bonds. The van der Waals surface area contributed by atoms with E-state index in [2.05, 4.69) is 12.1 Å². The molecule has 116 valence electrons. The van der Waals surface area contributed by atoms with Crippen LogP contribution in [0, 0.1) is 0 Å². The Labute approximate surface area is 121 Å². The van der Waals surface area contributed by atoms with Gasteiger partial charge in [-0.3, -0.25) is 4.79 Å². The molecule has 0 radical (unpaired) electrons. The SMILES string of the molecule is CCCCCC1(C)OCC(=NOC)CCC1OC(C)=O. The van der Waals surface area contributed by atoms with Gasteiger partial charge in [0.15, 0.2) is 0 Å². The molecule has 2 unspecified atom stereocenters. The number of carbonyl (C=O) groups is 1. The number of ether oxygens (including phenoxy) is 2. The Kier molecular flexibility index (Phi) is 6.99. The third-order valence-electron chi connectivity index (χ3n) is 3.75. The van der Waals surface area contributed by atoms with E-state index in [0.29, 0.717) is 6.61 Å². The fourth-order valence-corrected chi connectivity index (χ4v) is 2.56. The topological polar surface area (TPSA) is 57.1 Å². The molecule has 0 aromatic rings. The van der Waals surface area contributed by atoms with Crippen molar-refractivity contribution in [3.05, 3.63) is 0 Å². The largest absolute Gasteiger partial charge is 0.459 e. The second-order valence-corrected chi connectivity index (χ2v) is 5.54. The third kappa shape index (κ3) is 5.12. The van der Waals surface area contributed by atoms with Crippen LogP contribution >= 0.6 is 0 Å². The van der Waals surface area contributed by atoms with Gasteiger partial charge < -0.3 is 14.3 Å². The summed E-state index contributed by atoms with van der Waals surface area (Å²) in [5.74, 6) is -0.257. The molecular formula is C15H27NO4. The first-order valence-electron chi connectivity index (χ1n) is 7.42. The van der Waals surface area contributed by atoms with Crippen LogP contribution in [-0.4, -0.2) is 37.1 Å². The molecule has 0 bridgehead atoms. The summed E-state index contributed by atoms with van der Waals surface area (Å²) in [6.07, 6.45) is 5.51. The predicted octanol–water partition coefficient (Wildman–Crippen LogP) is 3.07. The molecule has 0 aromatic heterocycles. The van der Waals surface area contributed by atoms with Gasteiger partial charge in [-0.05, 0) is 26.2 Å². The lowest BCUT2D eigenvalue weighted by atomic mass is 9.89. The Morgan fingerprint density at radius 1 is 1.50 bits per heavy atom. The summed E-state index contributed by atoms with van der Waals surface area (Å²) in [6, 6.07) is 0. The molecule has 0 aromatic carbocycles. The van der Waals surface area contributed by atoms with Gasteiger partial charge in [0, 0.05) is 6.92 Å². The van der Waals surface area contributed by atoms with Crippen molar-refractivity contribution in [2.24, 2.45) is 5.16 Å². The lowest BCUT2D eigenvalue weighted by Crippen LogP contribution is -2.43. The van der Waals surface area contributed by atoms with Crippen LogP contribution in [0.1, 0.15) is 59.3 Å². The zero-order valence-corrected chi connectivity index (χ0v) is 13.1. The first-order valence-corrected chi connectivity index (χ1v) is 7.42. The van der Waals surface area contributed by atoms with Crippen molar-refractivity contribution < 1.29 is 19.1 Å². The van der Waals surface area contributed by atoms with Gasteiger partial charge in [-0.25, -0.2) is 0 Å². The maximum atomic E-state index is 11.3. The molecule has 0 aliphatic carbocycles. The highest BCUT2D eigenvalue weighted by atomic mass is 16.6. The van der Waals surface area contributed by atoms with Crippen molar-refractivity contribution >= 4 is 11.7 Å². The van der Waals surface area contributed by atoms with Gasteiger partial charge in [-0.15, -0.1) is 0 Å². The van der Waals surface area contributed by atoms with E-state index in [1.165, 1.54) is 14.0 Å². The number of unbranched alkanes of at least 4 members (excludes halogenated alkanes) is 2. The van der Waals surface area contributed by atoms with Gasteiger partial charge in [0.05, 0.1) is 12.3 Å². The smallest absolute Gasteiger partial charge is 0.303 e. The second kappa shape index (κ2) is 8.25. The number of rotatable bonds is 6. The molecule has 5 nitrogen and oxygen atoms in total. The summed E-state index contributed by atoms with van der Waals surface area (Å²) < 4.78 is 11.5. The minimum absolute atomic E-state index is 0.221. The molecule has 0 N–H and O–H groups in total. The van der Waals surface area contributed by atoms with Crippen molar-refractivity contribution in [1.29, 1.82) is 0 Å². The molecule has 2 atom stereocenters. The molecule has 1 fully saturated rings. The Morgan fingerprint density at radius 2 is 2.25 bits per heavy atom. The summed E-state index contributed by atoms with van der Waals surface area (Å²) >= 11 is 0. The van der Waals surface area contributed by atoms with E-state index in [-0.39, 0.29) is 12.1 Å². The summed E-state index contributed by atoms with van der Waals surface area (Å²) in [4.78, 5) is 16.1. The molecule has 0 saturated carbocycles. The standard InChI is InChI=1S/C15H27NO4/c1-5-6-7-10-15(3)14(20-12(2)17)9-8-13(11-19-15)16-18-4/h14H,5-11H2,1-4H3. The number of hydrogen-bond donors (Lipinski definition) is 0. The maximum Gasteiger partial charge on any atom is 0.303 e. The van der Waals surface area contributed by atoms with Crippen molar-refractivity contribution in [1.82, 2.24) is 0 Å². The van der Waals surface area contributed by atoms with Crippen molar-refractivity contribution in [2.75, 3.05) is 13.7 Å². The molecule has 5 heteroatoms. The predicted molar refractivity (Wildman–Crippen MR) is 77.7 cm³/mol. The molecule has 1 aliphatic rings. The van der Waals surface area contributed by atoms with E-state index in [4.69, 9.17) is 14.3 Å². The lowest BCUT2D eigenvalue weighted by molar-refractivity contribution is -0.167. The first kappa shape index (κ1) is 17.0. The molecule has 1 rings (SSSR count). The number of carbonyl (C=O) groups excluding carboxylic acids is 1. The van der Waals surface area contributed by atoms with Crippen molar-refractivity contribution in [3.63, 3.8) is 0 Å². The van der Waals surface area contributed by atoms with Crippen LogP contribution in [0.5, 0.6) is 0 Å². The average molecular weight is 285 g/mol. The summed E-state index contributed by atoms with van der Waals surface area (Å²) in [6.45, 7) is 6.09. The van der Waals surface area contributed by atoms with Gasteiger partial charge in [0.2, 0.25) is 0 Å². The fourth-order valence-electron chi connectivity index (χ4n) is 2.56. The highest BCUT2D eigenvalue weighted by Crippen LogP contribution is 2.31. The first-order chi connectivity index (χ1) is 9.51. The van der Waals surface area contributed by atoms with Crippen molar-refractivity contribution in [2.45, 2.75) is 71.0 Å². The van der Waals surface area contributed by atoms with Crippen LogP contribution in [0.15, 0.2) is 5.16 Å². The molecular weight excluding hydrogens is 258 g/mol. The number of hydrogen-bond acceptors (Lipinski definition) is 5. The molecule has 1 aliphatic heterocycles. The monoisotopic (exact) mass is 285 g/mol. The lowest BCUT2D eigenvalue weighted by Gasteiger charge is -2.35. The van der Waals surface area contributed by atoms with Gasteiger partial charge in [-0.1, -0.05) is 31.3 Å². The molecule has 20 heavy (non-hydrogen) atoms. The van der Waals surface area contributed by atoms with E-state index in [9.17, 15) is 4.79 Å². The molecule has 0 spiro atoms. The Morgan fingerprint density at radius 3 is 2.85 bits per heavy atom. The van der Waals surface area contributed by atoms with E-state index in [1.807, 2.05) is 6.92 Å². The second-order valence-electron chi connectivity index (χ2n) is 5.54. The van der Waals surface area contributed by atoms with Crippen LogP contribution in [0.2, 0.25) is 0 Å². The number of oxime groups is 1. The molecule has 1 heterocycles. The van der Waals surface area contributed by atoms with Crippen molar-refractivity contribution in [3.8, 4) is 0 Å². The Hall–Kier alpha value is -1.10. The minimum atomic E-state index is -0.439. The number of esters is 1. The van der Waals surface area contributed by atoms with Crippen LogP contribution in [0.3, 0.4) is 0 Å². The quantitative estimate of drug-likeness (QED) is 0.427. The molecule has 1 saturated heterocycles. The Bertz CT molecular complexity index is 343. The van der Waals surface area contributed by atoms with Crippen LogP contribution in [0.4, 0.5) is 0 Å². The van der Waals surface area contributed by atoms with Gasteiger partial charge in [0.1, 0.15) is 18.8 Å². The van der Waals surface area contributed by atoms with Gasteiger partial charge in [0.25, 0.3) is 0 Å². The highest BCUT2D eigenvalue weighted by molar-refractivity contribution is 5.85. The Balaban J connectivity index is 2.77. The van der Waals surface area contributed by atoms with Crippen LogP contribution < -0.4 is 0 Å². The summed E-state index contributed by atoms with van der Waals surface area (Å²) in [5, 5.41) is 3.97. The highest BCUT2D eigenvalue weighted by Gasteiger charge is 2.39. The van der Waals surface area contributed by atoms with Gasteiger partial charge in [-0.2, -0.15) is 0 Å². The van der Waals surface area contributed by atoms with Crippen LogP contribution in [0.25, 0.3) is 0 Å². The fraction of sp³-hybridized carbons (Fsp3) is 0.867. The summed E-state index contributed by atoms with van der Waals surface area (Å²) in [5.41, 5.74) is 0.426.